The number of benzene rings is 2. The van der Waals surface area contributed by atoms with Gasteiger partial charge in [0.15, 0.2) is 17.4 Å². The first-order valence-corrected chi connectivity index (χ1v) is 8.48. The molecule has 0 aliphatic carbocycles. The maximum atomic E-state index is 13.7. The first kappa shape index (κ1) is 16.3. The van der Waals surface area contributed by atoms with E-state index in [2.05, 4.69) is 15.1 Å². The Kier molecular flexibility index (Phi) is 4.39. The van der Waals surface area contributed by atoms with E-state index in [0.29, 0.717) is 12.2 Å². The van der Waals surface area contributed by atoms with Crippen molar-refractivity contribution < 1.29 is 14.2 Å². The number of halogens is 1. The van der Waals surface area contributed by atoms with E-state index in [4.69, 9.17) is 4.74 Å². The molecule has 0 spiro atoms. The van der Waals surface area contributed by atoms with Crippen LogP contribution in [0.25, 0.3) is 11.3 Å². The van der Waals surface area contributed by atoms with Crippen molar-refractivity contribution in [2.45, 2.75) is 12.5 Å². The van der Waals surface area contributed by atoms with E-state index in [9.17, 15) is 9.50 Å². The van der Waals surface area contributed by atoms with E-state index in [-0.39, 0.29) is 23.4 Å². The van der Waals surface area contributed by atoms with Crippen molar-refractivity contribution in [2.24, 2.45) is 0 Å². The van der Waals surface area contributed by atoms with Crippen molar-refractivity contribution in [1.82, 2.24) is 10.2 Å². The van der Waals surface area contributed by atoms with Crippen molar-refractivity contribution in [2.75, 3.05) is 18.0 Å². The number of hydrogen-bond donors (Lipinski definition) is 1. The van der Waals surface area contributed by atoms with E-state index >= 15 is 0 Å². The van der Waals surface area contributed by atoms with E-state index in [1.54, 1.807) is 36.4 Å². The van der Waals surface area contributed by atoms with Crippen LogP contribution < -0.4 is 9.64 Å². The average Bonchev–Trinajstić information content (AvgIpc) is 3.12. The summed E-state index contributed by atoms with van der Waals surface area (Å²) < 4.78 is 19.5. The zero-order valence-electron chi connectivity index (χ0n) is 14.0. The molecule has 4 rings (SSSR count). The highest BCUT2D eigenvalue weighted by atomic mass is 19.1. The summed E-state index contributed by atoms with van der Waals surface area (Å²) in [6.45, 7) is 1.41. The van der Waals surface area contributed by atoms with Crippen molar-refractivity contribution in [3.63, 3.8) is 0 Å². The van der Waals surface area contributed by atoms with Crippen molar-refractivity contribution in [1.29, 1.82) is 0 Å². The Balaban J connectivity index is 1.43. The van der Waals surface area contributed by atoms with Crippen molar-refractivity contribution in [3.05, 3.63) is 66.5 Å². The second-order valence-electron chi connectivity index (χ2n) is 6.23. The van der Waals surface area contributed by atoms with Gasteiger partial charge in [-0.05, 0) is 36.4 Å². The minimum Gasteiger partial charge on any atom is -0.508 e. The number of phenols is 1. The molecule has 1 aliphatic heterocycles. The Labute approximate surface area is 150 Å². The van der Waals surface area contributed by atoms with Crippen LogP contribution in [0.1, 0.15) is 6.42 Å². The number of rotatable bonds is 4. The highest BCUT2D eigenvalue weighted by molar-refractivity contribution is 5.61. The van der Waals surface area contributed by atoms with Crippen LogP contribution in [0.4, 0.5) is 10.2 Å². The number of hydrogen-bond acceptors (Lipinski definition) is 5. The Morgan fingerprint density at radius 2 is 1.92 bits per heavy atom. The molecule has 1 aliphatic rings. The third-order valence-electron chi connectivity index (χ3n) is 4.39. The van der Waals surface area contributed by atoms with Gasteiger partial charge in [-0.25, -0.2) is 4.39 Å². The Morgan fingerprint density at radius 3 is 2.69 bits per heavy atom. The minimum absolute atomic E-state index is 0.0838. The number of phenolic OH excluding ortho intramolecular Hbond substituents is 1. The smallest absolute Gasteiger partial charge is 0.165 e. The number of anilines is 1. The summed E-state index contributed by atoms with van der Waals surface area (Å²) in [7, 11) is 0. The third kappa shape index (κ3) is 3.44. The van der Waals surface area contributed by atoms with Gasteiger partial charge < -0.3 is 14.7 Å². The second-order valence-corrected chi connectivity index (χ2v) is 6.23. The molecule has 132 valence electrons. The molecule has 5 nitrogen and oxygen atoms in total. The maximum absolute atomic E-state index is 13.7. The summed E-state index contributed by atoms with van der Waals surface area (Å²) in [6.07, 6.45) is 0.712. The summed E-state index contributed by atoms with van der Waals surface area (Å²) >= 11 is 0. The van der Waals surface area contributed by atoms with Gasteiger partial charge in [-0.3, -0.25) is 0 Å². The zero-order chi connectivity index (χ0) is 17.9. The topological polar surface area (TPSA) is 58.5 Å². The predicted octanol–water partition coefficient (Wildman–Crippen LogP) is 3.65. The monoisotopic (exact) mass is 351 g/mol. The largest absolute Gasteiger partial charge is 0.508 e. The lowest BCUT2D eigenvalue weighted by Gasteiger charge is -2.18. The Bertz CT molecular complexity index is 902. The molecule has 1 fully saturated rings. The normalized spacial score (nSPS) is 16.7. The molecule has 0 saturated carbocycles. The van der Waals surface area contributed by atoms with Gasteiger partial charge in [0.2, 0.25) is 0 Å². The summed E-state index contributed by atoms with van der Waals surface area (Å²) in [5, 5.41) is 18.1. The molecule has 1 saturated heterocycles. The van der Waals surface area contributed by atoms with Crippen LogP contribution in [0.3, 0.4) is 0 Å². The van der Waals surface area contributed by atoms with Gasteiger partial charge in [0.25, 0.3) is 0 Å². The van der Waals surface area contributed by atoms with Gasteiger partial charge in [0.05, 0.1) is 12.2 Å². The molecule has 2 aromatic carbocycles. The quantitative estimate of drug-likeness (QED) is 0.778. The molecule has 0 amide bonds. The summed E-state index contributed by atoms with van der Waals surface area (Å²) in [4.78, 5) is 2.07. The average molecular weight is 351 g/mol. The van der Waals surface area contributed by atoms with Gasteiger partial charge in [0, 0.05) is 18.5 Å². The third-order valence-corrected chi connectivity index (χ3v) is 4.39. The van der Waals surface area contributed by atoms with E-state index in [0.717, 1.165) is 24.3 Å². The lowest BCUT2D eigenvalue weighted by Crippen LogP contribution is -2.25. The van der Waals surface area contributed by atoms with Crippen LogP contribution in [-0.4, -0.2) is 34.5 Å². The first-order chi connectivity index (χ1) is 12.7. The molecule has 0 radical (unpaired) electrons. The molecule has 1 atom stereocenters. The van der Waals surface area contributed by atoms with Gasteiger partial charge in [-0.2, -0.15) is 0 Å². The van der Waals surface area contributed by atoms with E-state index < -0.39 is 0 Å². The van der Waals surface area contributed by atoms with Crippen LogP contribution in [0, 0.1) is 5.82 Å². The van der Waals surface area contributed by atoms with Crippen LogP contribution in [0.5, 0.6) is 11.5 Å². The zero-order valence-corrected chi connectivity index (χ0v) is 14.0. The number of nitrogens with zero attached hydrogens (tertiary/aromatic N) is 3. The van der Waals surface area contributed by atoms with Crippen LogP contribution >= 0.6 is 0 Å². The number of aromatic hydroxyl groups is 1. The molecular weight excluding hydrogens is 333 g/mol. The molecule has 1 aromatic heterocycles. The Morgan fingerprint density at radius 1 is 1.04 bits per heavy atom. The number of ether oxygens (including phenoxy) is 1. The van der Waals surface area contributed by atoms with Gasteiger partial charge >= 0.3 is 0 Å². The molecule has 6 heteroatoms. The highest BCUT2D eigenvalue weighted by Crippen LogP contribution is 2.25. The highest BCUT2D eigenvalue weighted by Gasteiger charge is 2.26. The molecule has 2 heterocycles. The van der Waals surface area contributed by atoms with Crippen molar-refractivity contribution >= 4 is 5.82 Å². The lowest BCUT2D eigenvalue weighted by molar-refractivity contribution is 0.215. The lowest BCUT2D eigenvalue weighted by atomic mass is 10.1. The van der Waals surface area contributed by atoms with Crippen LogP contribution in [-0.2, 0) is 0 Å². The van der Waals surface area contributed by atoms with E-state index in [1.807, 2.05) is 18.2 Å². The van der Waals surface area contributed by atoms with Gasteiger partial charge in [-0.1, -0.05) is 24.3 Å². The molecule has 1 N–H and O–H groups in total. The fraction of sp³-hybridized carbons (Fsp3) is 0.200. The summed E-state index contributed by atoms with van der Waals surface area (Å²) in [6, 6.07) is 17.1. The molecule has 26 heavy (non-hydrogen) atoms. The summed E-state index contributed by atoms with van der Waals surface area (Å²) in [5.41, 5.74) is 1.51. The fourth-order valence-electron chi connectivity index (χ4n) is 3.07. The first-order valence-electron chi connectivity index (χ1n) is 8.48. The minimum atomic E-state index is -0.346. The second kappa shape index (κ2) is 7.00. The summed E-state index contributed by atoms with van der Waals surface area (Å²) in [5.74, 6) is 0.889. The molecule has 3 aromatic rings. The predicted molar refractivity (Wildman–Crippen MR) is 96.8 cm³/mol. The van der Waals surface area contributed by atoms with E-state index in [1.165, 1.54) is 6.07 Å². The van der Waals surface area contributed by atoms with Gasteiger partial charge in [-0.15, -0.1) is 10.2 Å². The van der Waals surface area contributed by atoms with Crippen LogP contribution in [0.15, 0.2) is 60.7 Å². The number of aromatic nitrogens is 2. The fourth-order valence-corrected chi connectivity index (χ4v) is 3.07. The SMILES string of the molecule is Oc1cccc(-c2ccc(N3CC[C@@H](Oc4ccccc4F)C3)nn2)c1. The standard InChI is InChI=1S/C20H18FN3O2/c21-17-6-1-2-7-19(17)26-16-10-11-24(13-16)20-9-8-18(22-23-20)14-4-3-5-15(25)12-14/h1-9,12,16,25H,10-11,13H2/t16-/m1/s1. The molecule has 0 unspecified atom stereocenters. The molecular formula is C20H18FN3O2. The van der Waals surface area contributed by atoms with Crippen molar-refractivity contribution in [3.8, 4) is 22.8 Å². The number of para-hydroxylation sites is 1. The Hall–Kier alpha value is -3.15. The molecule has 0 bridgehead atoms. The maximum Gasteiger partial charge on any atom is 0.165 e. The van der Waals surface area contributed by atoms with Crippen LogP contribution in [0.2, 0.25) is 0 Å². The van der Waals surface area contributed by atoms with Gasteiger partial charge in [0.1, 0.15) is 11.9 Å².